The Hall–Kier alpha value is -1.02. The van der Waals surface area contributed by atoms with Gasteiger partial charge in [-0.1, -0.05) is 29.6 Å². The summed E-state index contributed by atoms with van der Waals surface area (Å²) in [5.74, 6) is 1.99. The van der Waals surface area contributed by atoms with Crippen molar-refractivity contribution in [2.45, 2.75) is 44.6 Å². The van der Waals surface area contributed by atoms with Gasteiger partial charge in [-0.15, -0.1) is 0 Å². The molecular formula is C18H28N2O3S2. The van der Waals surface area contributed by atoms with Gasteiger partial charge in [0.15, 0.2) is 10.2 Å². The summed E-state index contributed by atoms with van der Waals surface area (Å²) in [6.45, 7) is 4.68. The molecule has 140 valence electrons. The van der Waals surface area contributed by atoms with Crippen LogP contribution in [0, 0.1) is 0 Å². The Balaban J connectivity index is 3.10. The van der Waals surface area contributed by atoms with Crippen LogP contribution in [-0.4, -0.2) is 29.9 Å². The molecule has 4 N–H and O–H groups in total. The van der Waals surface area contributed by atoms with Crippen LogP contribution in [-0.2, 0) is 27.5 Å². The van der Waals surface area contributed by atoms with E-state index in [1.807, 2.05) is 6.07 Å². The molecule has 0 saturated heterocycles. The van der Waals surface area contributed by atoms with Gasteiger partial charge in [-0.3, -0.25) is 9.59 Å². The fourth-order valence-corrected chi connectivity index (χ4v) is 3.56. The highest BCUT2D eigenvalue weighted by Gasteiger charge is 2.13. The van der Waals surface area contributed by atoms with Crippen molar-refractivity contribution < 1.29 is 14.3 Å². The number of thioether (sulfide) groups is 2. The monoisotopic (exact) mass is 384 g/mol. The molecule has 25 heavy (non-hydrogen) atoms. The highest BCUT2D eigenvalue weighted by atomic mass is 32.2. The molecular weight excluding hydrogens is 356 g/mol. The summed E-state index contributed by atoms with van der Waals surface area (Å²) < 4.78 is 5.82. The maximum absolute atomic E-state index is 11.3. The highest BCUT2D eigenvalue weighted by molar-refractivity contribution is 8.13. The molecule has 1 aromatic carbocycles. The molecule has 1 rings (SSSR count). The molecule has 0 atom stereocenters. The Morgan fingerprint density at radius 2 is 1.52 bits per heavy atom. The summed E-state index contributed by atoms with van der Waals surface area (Å²) >= 11 is 2.54. The third-order valence-electron chi connectivity index (χ3n) is 3.52. The quantitative estimate of drug-likeness (QED) is 0.566. The van der Waals surface area contributed by atoms with Crippen molar-refractivity contribution in [2.24, 2.45) is 11.5 Å². The molecule has 0 unspecified atom stereocenters. The van der Waals surface area contributed by atoms with E-state index in [9.17, 15) is 9.59 Å². The van der Waals surface area contributed by atoms with Crippen LogP contribution in [0.2, 0.25) is 0 Å². The summed E-state index contributed by atoms with van der Waals surface area (Å²) in [5.41, 5.74) is 14.4. The third-order valence-corrected chi connectivity index (χ3v) is 5.24. The van der Waals surface area contributed by atoms with Crippen LogP contribution in [0.15, 0.2) is 12.1 Å². The second kappa shape index (κ2) is 12.4. The van der Waals surface area contributed by atoms with E-state index in [1.54, 1.807) is 13.8 Å². The first-order chi connectivity index (χ1) is 12.0. The number of hydrogen-bond acceptors (Lipinski definition) is 7. The molecule has 0 aromatic heterocycles. The van der Waals surface area contributed by atoms with E-state index >= 15 is 0 Å². The molecule has 0 fully saturated rings. The molecule has 0 spiro atoms. The molecule has 1 aromatic rings. The van der Waals surface area contributed by atoms with Crippen LogP contribution >= 0.6 is 23.5 Å². The van der Waals surface area contributed by atoms with E-state index in [0.29, 0.717) is 31.2 Å². The van der Waals surface area contributed by atoms with Gasteiger partial charge in [0.1, 0.15) is 12.4 Å². The molecule has 0 aliphatic heterocycles. The summed E-state index contributed by atoms with van der Waals surface area (Å²) in [5, 5.41) is 0.153. The lowest BCUT2D eigenvalue weighted by molar-refractivity contribution is -0.109. The Morgan fingerprint density at radius 3 is 2.04 bits per heavy atom. The van der Waals surface area contributed by atoms with Crippen molar-refractivity contribution in [3.8, 4) is 5.75 Å². The summed E-state index contributed by atoms with van der Waals surface area (Å²) in [7, 11) is 0. The van der Waals surface area contributed by atoms with Gasteiger partial charge in [0.05, 0.1) is 0 Å². The van der Waals surface area contributed by atoms with Crippen molar-refractivity contribution in [1.82, 2.24) is 0 Å². The molecule has 0 aliphatic carbocycles. The molecule has 0 radical (unpaired) electrons. The summed E-state index contributed by atoms with van der Waals surface area (Å²) in [6, 6.07) is 4.10. The number of carbonyl (C=O) groups excluding carboxylic acids is 2. The van der Waals surface area contributed by atoms with E-state index in [-0.39, 0.29) is 10.2 Å². The van der Waals surface area contributed by atoms with Gasteiger partial charge >= 0.3 is 0 Å². The number of nitrogens with two attached hydrogens (primary N) is 2. The SMILES string of the molecule is CC(=O)SCc1cc(CCCCN)c(OCCN)cc1CSC(C)=O. The van der Waals surface area contributed by atoms with Crippen LogP contribution < -0.4 is 16.2 Å². The number of unbranched alkanes of at least 4 members (excludes halogenated alkanes) is 1. The minimum Gasteiger partial charge on any atom is -0.492 e. The fourth-order valence-electron chi connectivity index (χ4n) is 2.30. The Kier molecular flexibility index (Phi) is 10.9. The molecule has 0 aliphatic rings. The Labute approximate surface area is 158 Å². The number of benzene rings is 1. The zero-order valence-corrected chi connectivity index (χ0v) is 16.6. The smallest absolute Gasteiger partial charge is 0.186 e. The predicted octanol–water partition coefficient (Wildman–Crippen LogP) is 2.86. The fraction of sp³-hybridized carbons (Fsp3) is 0.556. The number of carbonyl (C=O) groups is 2. The number of rotatable bonds is 11. The lowest BCUT2D eigenvalue weighted by atomic mass is 10.0. The van der Waals surface area contributed by atoms with Crippen LogP contribution in [0.25, 0.3) is 0 Å². The standard InChI is InChI=1S/C18H28N2O3S2/c1-13(21)24-11-16-9-15(5-3-4-6-19)18(23-8-7-20)10-17(16)12-25-14(2)22/h9-10H,3-8,11-12,19-20H2,1-2H3. The van der Waals surface area contributed by atoms with Crippen LogP contribution in [0.4, 0.5) is 0 Å². The minimum atomic E-state index is 0.0709. The zero-order chi connectivity index (χ0) is 18.7. The maximum Gasteiger partial charge on any atom is 0.186 e. The van der Waals surface area contributed by atoms with Crippen LogP contribution in [0.1, 0.15) is 43.4 Å². The molecule has 0 bridgehead atoms. The van der Waals surface area contributed by atoms with E-state index < -0.39 is 0 Å². The first kappa shape index (κ1) is 22.0. The van der Waals surface area contributed by atoms with Crippen molar-refractivity contribution in [2.75, 3.05) is 19.7 Å². The number of aryl methyl sites for hydroxylation is 1. The lowest BCUT2D eigenvalue weighted by Crippen LogP contribution is -2.12. The van der Waals surface area contributed by atoms with Gasteiger partial charge in [-0.05, 0) is 48.6 Å². The Bertz CT molecular complexity index is 580. The molecule has 7 heteroatoms. The lowest BCUT2D eigenvalue weighted by Gasteiger charge is -2.16. The van der Waals surface area contributed by atoms with E-state index in [1.165, 1.54) is 23.5 Å². The average molecular weight is 385 g/mol. The van der Waals surface area contributed by atoms with Crippen LogP contribution in [0.3, 0.4) is 0 Å². The van der Waals surface area contributed by atoms with Gasteiger partial charge in [0, 0.05) is 31.9 Å². The molecule has 0 amide bonds. The van der Waals surface area contributed by atoms with E-state index in [0.717, 1.165) is 41.7 Å². The number of hydrogen-bond donors (Lipinski definition) is 2. The van der Waals surface area contributed by atoms with Gasteiger partial charge in [0.25, 0.3) is 0 Å². The first-order valence-corrected chi connectivity index (χ1v) is 10.4. The summed E-state index contributed by atoms with van der Waals surface area (Å²) in [4.78, 5) is 22.7. The van der Waals surface area contributed by atoms with Crippen molar-refractivity contribution in [3.05, 3.63) is 28.8 Å². The van der Waals surface area contributed by atoms with Crippen molar-refractivity contribution in [3.63, 3.8) is 0 Å². The first-order valence-electron chi connectivity index (χ1n) is 8.42. The minimum absolute atomic E-state index is 0.0709. The Morgan fingerprint density at radius 1 is 0.920 bits per heavy atom. The molecule has 5 nitrogen and oxygen atoms in total. The average Bonchev–Trinajstić information content (AvgIpc) is 2.57. The van der Waals surface area contributed by atoms with Crippen molar-refractivity contribution >= 4 is 33.8 Å². The predicted molar refractivity (Wildman–Crippen MR) is 107 cm³/mol. The third kappa shape index (κ3) is 8.76. The number of ether oxygens (including phenoxy) is 1. The van der Waals surface area contributed by atoms with E-state index in [2.05, 4.69) is 6.07 Å². The maximum atomic E-state index is 11.3. The second-order valence-corrected chi connectivity index (χ2v) is 7.98. The normalized spacial score (nSPS) is 10.7. The van der Waals surface area contributed by atoms with Gasteiger partial charge in [-0.2, -0.15) is 0 Å². The van der Waals surface area contributed by atoms with Gasteiger partial charge < -0.3 is 16.2 Å². The summed E-state index contributed by atoms with van der Waals surface area (Å²) in [6.07, 6.45) is 2.81. The van der Waals surface area contributed by atoms with Gasteiger partial charge in [0.2, 0.25) is 0 Å². The van der Waals surface area contributed by atoms with E-state index in [4.69, 9.17) is 16.2 Å². The van der Waals surface area contributed by atoms with Gasteiger partial charge in [-0.25, -0.2) is 0 Å². The van der Waals surface area contributed by atoms with Crippen molar-refractivity contribution in [1.29, 1.82) is 0 Å². The highest BCUT2D eigenvalue weighted by Crippen LogP contribution is 2.30. The molecule has 0 heterocycles. The molecule has 0 saturated carbocycles. The largest absolute Gasteiger partial charge is 0.492 e. The zero-order valence-electron chi connectivity index (χ0n) is 15.0. The van der Waals surface area contributed by atoms with Crippen LogP contribution in [0.5, 0.6) is 5.75 Å². The second-order valence-electron chi connectivity index (χ2n) is 5.67. The topological polar surface area (TPSA) is 95.4 Å².